The summed E-state index contributed by atoms with van der Waals surface area (Å²) >= 11 is 0. The van der Waals surface area contributed by atoms with Gasteiger partial charge in [-0.25, -0.2) is 9.48 Å². The van der Waals surface area contributed by atoms with Gasteiger partial charge in [0.05, 0.1) is 17.4 Å². The fourth-order valence-electron chi connectivity index (χ4n) is 3.43. The smallest absolute Gasteiger partial charge is 0.335 e. The molecule has 0 saturated carbocycles. The quantitative estimate of drug-likeness (QED) is 0.557. The second kappa shape index (κ2) is 7.36. The monoisotopic (exact) mass is 399 g/mol. The molecule has 0 radical (unpaired) electrons. The number of benzene rings is 3. The maximum atomic E-state index is 11.2. The van der Waals surface area contributed by atoms with Crippen LogP contribution in [0.1, 0.15) is 10.4 Å². The lowest BCUT2D eigenvalue weighted by Gasteiger charge is -2.21. The number of carboxylic acids is 1. The second-order valence-electron chi connectivity index (χ2n) is 6.81. The van der Waals surface area contributed by atoms with Crippen molar-refractivity contribution in [2.45, 2.75) is 0 Å². The van der Waals surface area contributed by atoms with E-state index >= 15 is 0 Å². The highest BCUT2D eigenvalue weighted by atomic mass is 16.6. The van der Waals surface area contributed by atoms with Gasteiger partial charge in [-0.1, -0.05) is 47.7 Å². The van der Waals surface area contributed by atoms with Gasteiger partial charge in [-0.2, -0.15) is 0 Å². The van der Waals surface area contributed by atoms with Crippen molar-refractivity contribution >= 4 is 5.97 Å². The van der Waals surface area contributed by atoms with E-state index in [2.05, 4.69) is 10.3 Å². The molecule has 7 nitrogen and oxygen atoms in total. The average Bonchev–Trinajstić information content (AvgIpc) is 3.29. The van der Waals surface area contributed by atoms with Crippen molar-refractivity contribution in [1.82, 2.24) is 15.0 Å². The van der Waals surface area contributed by atoms with E-state index in [-0.39, 0.29) is 5.56 Å². The number of fused-ring (bicyclic) bond motifs is 1. The first-order valence-corrected chi connectivity index (χ1v) is 9.44. The van der Waals surface area contributed by atoms with Gasteiger partial charge in [0.2, 0.25) is 0 Å². The van der Waals surface area contributed by atoms with Crippen LogP contribution in [0.5, 0.6) is 11.5 Å². The van der Waals surface area contributed by atoms with Crippen molar-refractivity contribution < 1.29 is 19.4 Å². The summed E-state index contributed by atoms with van der Waals surface area (Å²) < 4.78 is 13.0. The molecule has 1 aliphatic heterocycles. The van der Waals surface area contributed by atoms with Crippen molar-refractivity contribution in [1.29, 1.82) is 0 Å². The Hall–Kier alpha value is -4.13. The minimum atomic E-state index is -0.981. The van der Waals surface area contributed by atoms with Gasteiger partial charge < -0.3 is 14.6 Å². The average molecular weight is 399 g/mol. The van der Waals surface area contributed by atoms with Crippen molar-refractivity contribution in [2.75, 3.05) is 13.2 Å². The Morgan fingerprint density at radius 1 is 0.933 bits per heavy atom. The molecule has 5 rings (SSSR count). The lowest BCUT2D eigenvalue weighted by atomic mass is 10.0. The molecule has 0 spiro atoms. The third kappa shape index (κ3) is 3.26. The molecule has 0 aliphatic carbocycles. The highest BCUT2D eigenvalue weighted by molar-refractivity contribution is 5.88. The molecule has 1 aliphatic rings. The van der Waals surface area contributed by atoms with Gasteiger partial charge in [-0.05, 0) is 29.8 Å². The third-order valence-electron chi connectivity index (χ3n) is 4.91. The molecule has 1 N–H and O–H groups in total. The van der Waals surface area contributed by atoms with Crippen LogP contribution in [-0.4, -0.2) is 39.3 Å². The van der Waals surface area contributed by atoms with Gasteiger partial charge in [-0.15, -0.1) is 5.10 Å². The van der Waals surface area contributed by atoms with Crippen LogP contribution in [0.15, 0.2) is 72.9 Å². The van der Waals surface area contributed by atoms with Crippen LogP contribution in [0.4, 0.5) is 0 Å². The minimum Gasteiger partial charge on any atom is -0.486 e. The Balaban J connectivity index is 1.44. The van der Waals surface area contributed by atoms with Crippen molar-refractivity contribution in [2.24, 2.45) is 0 Å². The van der Waals surface area contributed by atoms with Gasteiger partial charge in [0.1, 0.15) is 18.9 Å². The summed E-state index contributed by atoms with van der Waals surface area (Å²) in [7, 11) is 0. The first-order chi connectivity index (χ1) is 14.7. The zero-order chi connectivity index (χ0) is 20.5. The maximum absolute atomic E-state index is 11.2. The van der Waals surface area contributed by atoms with Crippen molar-refractivity contribution in [3.8, 4) is 39.6 Å². The van der Waals surface area contributed by atoms with Gasteiger partial charge in [0, 0.05) is 11.1 Å². The number of carbonyl (C=O) groups is 1. The molecule has 0 amide bonds. The summed E-state index contributed by atoms with van der Waals surface area (Å²) in [4.78, 5) is 11.2. The summed E-state index contributed by atoms with van der Waals surface area (Å²) in [5, 5.41) is 17.5. The predicted molar refractivity (Wildman–Crippen MR) is 110 cm³/mol. The molecule has 0 saturated heterocycles. The molecule has 0 bridgehead atoms. The topological polar surface area (TPSA) is 86.5 Å². The Bertz CT molecular complexity index is 1230. The van der Waals surface area contributed by atoms with E-state index in [0.29, 0.717) is 24.6 Å². The first kappa shape index (κ1) is 17.9. The van der Waals surface area contributed by atoms with E-state index in [0.717, 1.165) is 28.2 Å². The van der Waals surface area contributed by atoms with E-state index in [4.69, 9.17) is 9.47 Å². The van der Waals surface area contributed by atoms with E-state index in [1.165, 1.54) is 0 Å². The number of hydrogen-bond acceptors (Lipinski definition) is 5. The lowest BCUT2D eigenvalue weighted by Crippen LogP contribution is -2.15. The second-order valence-corrected chi connectivity index (χ2v) is 6.81. The summed E-state index contributed by atoms with van der Waals surface area (Å²) in [6.07, 6.45) is 1.78. The minimum absolute atomic E-state index is 0.200. The van der Waals surface area contributed by atoms with Crippen LogP contribution >= 0.6 is 0 Å². The van der Waals surface area contributed by atoms with Crippen LogP contribution in [0.2, 0.25) is 0 Å². The molecule has 1 aromatic heterocycles. The number of para-hydroxylation sites is 1. The number of carboxylic acid groups (broad SMARTS) is 1. The summed E-state index contributed by atoms with van der Waals surface area (Å²) in [6.45, 7) is 1.09. The number of hydrogen-bond donors (Lipinski definition) is 1. The van der Waals surface area contributed by atoms with E-state index in [1.54, 1.807) is 35.1 Å². The zero-order valence-corrected chi connectivity index (χ0v) is 15.9. The van der Waals surface area contributed by atoms with Crippen LogP contribution in [0, 0.1) is 0 Å². The SMILES string of the molecule is O=C(O)c1cccc(-n2cc(-c3ccc(-c4cccc5c4OCCO5)cc3)nn2)c1. The number of aromatic nitrogens is 3. The number of ether oxygens (including phenoxy) is 2. The first-order valence-electron chi connectivity index (χ1n) is 9.44. The summed E-state index contributed by atoms with van der Waals surface area (Å²) in [5.41, 5.74) is 4.43. The molecule has 0 atom stereocenters. The molecule has 0 unspecified atom stereocenters. The van der Waals surface area contributed by atoms with E-state index in [1.807, 2.05) is 42.5 Å². The van der Waals surface area contributed by atoms with E-state index < -0.39 is 5.97 Å². The highest BCUT2D eigenvalue weighted by Crippen LogP contribution is 2.40. The molecule has 30 heavy (non-hydrogen) atoms. The molecule has 148 valence electrons. The fraction of sp³-hybridized carbons (Fsp3) is 0.0870. The molecule has 7 heteroatoms. The maximum Gasteiger partial charge on any atom is 0.335 e. The summed E-state index contributed by atoms with van der Waals surface area (Å²) in [6, 6.07) is 20.4. The lowest BCUT2D eigenvalue weighted by molar-refractivity contribution is 0.0697. The van der Waals surface area contributed by atoms with Crippen molar-refractivity contribution in [3.63, 3.8) is 0 Å². The molecular weight excluding hydrogens is 382 g/mol. The normalized spacial score (nSPS) is 12.5. The third-order valence-corrected chi connectivity index (χ3v) is 4.91. The molecule has 3 aromatic carbocycles. The molecular formula is C23H17N3O4. The van der Waals surface area contributed by atoms with Gasteiger partial charge >= 0.3 is 5.97 Å². The standard InChI is InChI=1S/C23H17N3O4/c27-23(28)17-3-1-4-18(13-17)26-14-20(24-25-26)16-9-7-15(8-10-16)19-5-2-6-21-22(19)30-12-11-29-21/h1-10,13-14H,11-12H2,(H,27,28). The molecule has 4 aromatic rings. The Morgan fingerprint density at radius 3 is 2.53 bits per heavy atom. The highest BCUT2D eigenvalue weighted by Gasteiger charge is 2.17. The summed E-state index contributed by atoms with van der Waals surface area (Å²) in [5.74, 6) is 0.542. The largest absolute Gasteiger partial charge is 0.486 e. The number of rotatable bonds is 4. The molecule has 0 fully saturated rings. The van der Waals surface area contributed by atoms with Crippen LogP contribution in [-0.2, 0) is 0 Å². The Labute approximate surface area is 172 Å². The molecule has 2 heterocycles. The van der Waals surface area contributed by atoms with Gasteiger partial charge in [0.15, 0.2) is 11.5 Å². The zero-order valence-electron chi connectivity index (χ0n) is 15.9. The fourth-order valence-corrected chi connectivity index (χ4v) is 3.43. The van der Waals surface area contributed by atoms with Crippen molar-refractivity contribution in [3.05, 3.63) is 78.5 Å². The Morgan fingerprint density at radius 2 is 1.70 bits per heavy atom. The van der Waals surface area contributed by atoms with Gasteiger partial charge in [0.25, 0.3) is 0 Å². The van der Waals surface area contributed by atoms with Crippen LogP contribution < -0.4 is 9.47 Å². The van der Waals surface area contributed by atoms with E-state index in [9.17, 15) is 9.90 Å². The van der Waals surface area contributed by atoms with Crippen LogP contribution in [0.3, 0.4) is 0 Å². The predicted octanol–water partition coefficient (Wildman–Crippen LogP) is 4.07. The van der Waals surface area contributed by atoms with Gasteiger partial charge in [-0.3, -0.25) is 0 Å². The van der Waals surface area contributed by atoms with Crippen LogP contribution in [0.25, 0.3) is 28.1 Å². The Kier molecular flexibility index (Phi) is 4.40. The number of aromatic carboxylic acids is 1. The number of nitrogens with zero attached hydrogens (tertiary/aromatic N) is 3.